The molecule has 3 heterocycles. The van der Waals surface area contributed by atoms with Crippen molar-refractivity contribution in [3.63, 3.8) is 0 Å². The molecule has 2 aromatic rings. The fraction of sp³-hybridized carbons (Fsp3) is 0.615. The molecule has 0 unspecified atom stereocenters. The lowest BCUT2D eigenvalue weighted by atomic mass is 10.0. The van der Waals surface area contributed by atoms with Crippen LogP contribution in [0.4, 0.5) is 5.95 Å². The molecule has 1 saturated heterocycles. The van der Waals surface area contributed by atoms with Crippen LogP contribution < -0.4 is 11.3 Å². The van der Waals surface area contributed by atoms with E-state index in [0.717, 1.165) is 6.33 Å². The van der Waals surface area contributed by atoms with E-state index in [2.05, 4.69) is 15.0 Å². The van der Waals surface area contributed by atoms with Crippen molar-refractivity contribution in [1.29, 1.82) is 0 Å². The third kappa shape index (κ3) is 3.92. The molecule has 0 radical (unpaired) electrons. The Hall–Kier alpha value is -1.22. The number of nitrogens with zero attached hydrogens (tertiary/aromatic N) is 3. The molecular weight excluding hydrogens is 445 g/mol. The first-order valence-corrected chi connectivity index (χ1v) is 8.93. The standard InChI is InChI=1S/C13H16Cl3N5O7/c14-13(15,16)11-27-7(6(25)5(24)3(23)1-22)10(28-11)21-2-18-4-8(21)19-12(17)20-9(4)26/h2-3,5-7,10-11,22-25H,1H2,(H3,17,19,20,26)/t3-,5-,6-,7+,10-,11+/m1/s1. The average Bonchev–Trinajstić information content (AvgIpc) is 3.23. The monoisotopic (exact) mass is 459 g/mol. The summed E-state index contributed by atoms with van der Waals surface area (Å²) >= 11 is 17.4. The maximum atomic E-state index is 12.0. The van der Waals surface area contributed by atoms with Crippen LogP contribution in [0.1, 0.15) is 6.23 Å². The van der Waals surface area contributed by atoms with Crippen molar-refractivity contribution in [3.05, 3.63) is 16.7 Å². The smallest absolute Gasteiger partial charge is 0.280 e. The second-order valence-electron chi connectivity index (χ2n) is 6.01. The highest BCUT2D eigenvalue weighted by atomic mass is 35.6. The number of halogens is 3. The van der Waals surface area contributed by atoms with E-state index in [1.165, 1.54) is 4.57 Å². The Labute approximate surface area is 171 Å². The Morgan fingerprint density at radius 1 is 1.32 bits per heavy atom. The van der Waals surface area contributed by atoms with Gasteiger partial charge in [-0.3, -0.25) is 14.3 Å². The minimum atomic E-state index is -2.08. The summed E-state index contributed by atoms with van der Waals surface area (Å²) in [6.07, 6.45) is -8.31. The van der Waals surface area contributed by atoms with Crippen molar-refractivity contribution < 1.29 is 29.9 Å². The lowest BCUT2D eigenvalue weighted by Gasteiger charge is -2.28. The Morgan fingerprint density at radius 2 is 2.00 bits per heavy atom. The maximum Gasteiger partial charge on any atom is 0.280 e. The van der Waals surface area contributed by atoms with Crippen LogP contribution >= 0.6 is 34.8 Å². The molecule has 0 aliphatic carbocycles. The van der Waals surface area contributed by atoms with Crippen molar-refractivity contribution in [3.8, 4) is 0 Å². The summed E-state index contributed by atoms with van der Waals surface area (Å²) < 4.78 is 10.1. The number of nitrogen functional groups attached to an aromatic ring is 1. The minimum absolute atomic E-state index is 0.0192. The number of anilines is 1. The zero-order valence-electron chi connectivity index (χ0n) is 13.8. The second-order valence-corrected chi connectivity index (χ2v) is 8.38. The number of nitrogens with one attached hydrogen (secondary N) is 1. The van der Waals surface area contributed by atoms with Gasteiger partial charge in [-0.25, -0.2) is 4.98 Å². The highest BCUT2D eigenvalue weighted by Crippen LogP contribution is 2.43. The molecule has 12 nitrogen and oxygen atoms in total. The molecule has 156 valence electrons. The number of aromatic nitrogens is 4. The number of nitrogens with two attached hydrogens (primary N) is 1. The van der Waals surface area contributed by atoms with Crippen LogP contribution in [-0.4, -0.2) is 81.1 Å². The van der Waals surface area contributed by atoms with Crippen molar-refractivity contribution in [2.24, 2.45) is 0 Å². The minimum Gasteiger partial charge on any atom is -0.394 e. The number of aromatic amines is 1. The van der Waals surface area contributed by atoms with Gasteiger partial charge in [0.2, 0.25) is 16.0 Å². The normalized spacial score (nSPS) is 26.5. The van der Waals surface area contributed by atoms with E-state index < -0.39 is 52.9 Å². The van der Waals surface area contributed by atoms with E-state index in [4.69, 9.17) is 55.1 Å². The number of hydrogen-bond donors (Lipinski definition) is 6. The van der Waals surface area contributed by atoms with Crippen LogP contribution in [0, 0.1) is 0 Å². The summed E-state index contributed by atoms with van der Waals surface area (Å²) in [7, 11) is 0. The molecule has 15 heteroatoms. The Morgan fingerprint density at radius 3 is 2.61 bits per heavy atom. The van der Waals surface area contributed by atoms with Crippen LogP contribution in [0.2, 0.25) is 0 Å². The third-order valence-electron chi connectivity index (χ3n) is 4.08. The SMILES string of the molecule is Nc1nc2c(ncn2[C@@H]2O[C@@H](C(Cl)(Cl)Cl)O[C@H]2[C@H](O)[C@H](O)[C@H](O)CO)c(=O)[nH]1. The van der Waals surface area contributed by atoms with E-state index in [0.29, 0.717) is 0 Å². The van der Waals surface area contributed by atoms with E-state index in [-0.39, 0.29) is 17.1 Å². The molecule has 0 saturated carbocycles. The molecule has 7 N–H and O–H groups in total. The summed E-state index contributed by atoms with van der Waals surface area (Å²) in [4.78, 5) is 22.1. The summed E-state index contributed by atoms with van der Waals surface area (Å²) in [6, 6.07) is 0. The van der Waals surface area contributed by atoms with Gasteiger partial charge < -0.3 is 35.6 Å². The van der Waals surface area contributed by atoms with Gasteiger partial charge >= 0.3 is 0 Å². The van der Waals surface area contributed by atoms with Crippen molar-refractivity contribution in [2.45, 2.75) is 40.7 Å². The fourth-order valence-corrected chi connectivity index (χ4v) is 3.04. The van der Waals surface area contributed by atoms with Crippen molar-refractivity contribution in [2.75, 3.05) is 12.3 Å². The highest BCUT2D eigenvalue weighted by molar-refractivity contribution is 6.67. The van der Waals surface area contributed by atoms with Gasteiger partial charge in [0.1, 0.15) is 24.4 Å². The topological polar surface area (TPSA) is 189 Å². The zero-order chi connectivity index (χ0) is 20.8. The number of alkyl halides is 3. The number of hydrogen-bond acceptors (Lipinski definition) is 10. The number of imidazole rings is 1. The Kier molecular flexibility index (Phi) is 6.06. The molecule has 1 aliphatic heterocycles. The van der Waals surface area contributed by atoms with Crippen LogP contribution in [0.15, 0.2) is 11.1 Å². The van der Waals surface area contributed by atoms with Gasteiger partial charge in [-0.05, 0) is 0 Å². The Bertz CT molecular complexity index is 903. The quantitative estimate of drug-likeness (QED) is 0.283. The van der Waals surface area contributed by atoms with Crippen LogP contribution in [-0.2, 0) is 9.47 Å². The van der Waals surface area contributed by atoms with E-state index >= 15 is 0 Å². The van der Waals surface area contributed by atoms with E-state index in [1.807, 2.05) is 0 Å². The molecular formula is C13H16Cl3N5O7. The van der Waals surface area contributed by atoms with E-state index in [1.54, 1.807) is 0 Å². The van der Waals surface area contributed by atoms with Crippen LogP contribution in [0.3, 0.4) is 0 Å². The number of aliphatic hydroxyl groups excluding tert-OH is 4. The molecule has 3 rings (SSSR count). The highest BCUT2D eigenvalue weighted by Gasteiger charge is 2.51. The molecule has 0 amide bonds. The number of aliphatic hydroxyl groups is 4. The first kappa shape index (κ1) is 21.5. The molecule has 0 spiro atoms. The number of rotatable bonds is 5. The molecule has 2 aromatic heterocycles. The molecule has 0 aromatic carbocycles. The first-order chi connectivity index (χ1) is 13.0. The molecule has 6 atom stereocenters. The lowest BCUT2D eigenvalue weighted by molar-refractivity contribution is -0.134. The van der Waals surface area contributed by atoms with Gasteiger partial charge in [0.25, 0.3) is 5.56 Å². The van der Waals surface area contributed by atoms with Gasteiger partial charge in [-0.1, -0.05) is 34.8 Å². The van der Waals surface area contributed by atoms with Crippen molar-refractivity contribution in [1.82, 2.24) is 19.5 Å². The largest absolute Gasteiger partial charge is 0.394 e. The van der Waals surface area contributed by atoms with Gasteiger partial charge in [-0.2, -0.15) is 4.98 Å². The number of fused-ring (bicyclic) bond motifs is 1. The average molecular weight is 461 g/mol. The molecule has 1 fully saturated rings. The number of H-pyrrole nitrogens is 1. The first-order valence-electron chi connectivity index (χ1n) is 7.79. The fourth-order valence-electron chi connectivity index (χ4n) is 2.73. The van der Waals surface area contributed by atoms with Gasteiger partial charge in [-0.15, -0.1) is 0 Å². The maximum absolute atomic E-state index is 12.0. The Balaban J connectivity index is 2.04. The molecule has 1 aliphatic rings. The summed E-state index contributed by atoms with van der Waals surface area (Å²) in [5.41, 5.74) is 4.83. The van der Waals surface area contributed by atoms with Crippen molar-refractivity contribution >= 4 is 51.9 Å². The third-order valence-corrected chi connectivity index (χ3v) is 4.62. The summed E-state index contributed by atoms with van der Waals surface area (Å²) in [5, 5.41) is 39.1. The molecule has 28 heavy (non-hydrogen) atoms. The predicted octanol–water partition coefficient (Wildman–Crippen LogP) is -1.61. The van der Waals surface area contributed by atoms with Gasteiger partial charge in [0.15, 0.2) is 17.4 Å². The number of ether oxygens (including phenoxy) is 2. The van der Waals surface area contributed by atoms with Gasteiger partial charge in [0, 0.05) is 0 Å². The zero-order valence-corrected chi connectivity index (χ0v) is 16.1. The van der Waals surface area contributed by atoms with Crippen LogP contribution in [0.25, 0.3) is 11.2 Å². The molecule has 0 bridgehead atoms. The van der Waals surface area contributed by atoms with Crippen LogP contribution in [0.5, 0.6) is 0 Å². The lowest BCUT2D eigenvalue weighted by Crippen LogP contribution is -2.48. The van der Waals surface area contributed by atoms with E-state index in [9.17, 15) is 20.1 Å². The van der Waals surface area contributed by atoms with Gasteiger partial charge in [0.05, 0.1) is 12.9 Å². The summed E-state index contributed by atoms with van der Waals surface area (Å²) in [5.74, 6) is -0.205. The summed E-state index contributed by atoms with van der Waals surface area (Å²) in [6.45, 7) is -0.828. The second kappa shape index (κ2) is 7.89. The predicted molar refractivity (Wildman–Crippen MR) is 96.7 cm³/mol.